The van der Waals surface area contributed by atoms with Gasteiger partial charge in [-0.1, -0.05) is 48.0 Å². The highest BCUT2D eigenvalue weighted by Crippen LogP contribution is 2.23. The number of aromatic carboxylic acids is 1. The smallest absolute Gasteiger partial charge is 0.335 e. The van der Waals surface area contributed by atoms with Crippen LogP contribution in [0.5, 0.6) is 0 Å². The number of carbonyl (C=O) groups is 1. The molecule has 3 aromatic rings. The quantitative estimate of drug-likeness (QED) is 0.388. The minimum atomic E-state index is -0.938. The second kappa shape index (κ2) is 10.1. The average Bonchev–Trinajstić information content (AvgIpc) is 2.73. The minimum Gasteiger partial charge on any atom is -0.478 e. The molecule has 29 heavy (non-hydrogen) atoms. The van der Waals surface area contributed by atoms with E-state index in [0.717, 1.165) is 22.4 Å². The predicted octanol–water partition coefficient (Wildman–Crippen LogP) is 4.44. The van der Waals surface area contributed by atoms with Gasteiger partial charge in [-0.2, -0.15) is 0 Å². The molecule has 3 aromatic carbocycles. The van der Waals surface area contributed by atoms with Crippen LogP contribution in [0.25, 0.3) is 11.1 Å². The molecule has 0 radical (unpaired) electrons. The Morgan fingerprint density at radius 2 is 1.66 bits per heavy atom. The van der Waals surface area contributed by atoms with Crippen LogP contribution in [0.15, 0.2) is 72.8 Å². The van der Waals surface area contributed by atoms with Gasteiger partial charge >= 0.3 is 5.97 Å². The third-order valence-electron chi connectivity index (χ3n) is 4.51. The summed E-state index contributed by atoms with van der Waals surface area (Å²) < 4.78 is 0. The maximum Gasteiger partial charge on any atom is 0.335 e. The zero-order chi connectivity index (χ0) is 20.6. The summed E-state index contributed by atoms with van der Waals surface area (Å²) in [7, 11) is 0. The van der Waals surface area contributed by atoms with Crippen molar-refractivity contribution in [2.24, 2.45) is 0 Å². The molecule has 0 saturated carbocycles. The van der Waals surface area contributed by atoms with E-state index in [-0.39, 0.29) is 5.56 Å². The number of halogens is 1. The first-order valence-corrected chi connectivity index (χ1v) is 9.72. The first-order valence-electron chi connectivity index (χ1n) is 9.35. The molecule has 4 N–H and O–H groups in total. The topological polar surface area (TPSA) is 81.6 Å². The van der Waals surface area contributed by atoms with E-state index in [1.807, 2.05) is 42.5 Å². The van der Waals surface area contributed by atoms with Crippen LogP contribution in [-0.4, -0.2) is 35.8 Å². The lowest BCUT2D eigenvalue weighted by Gasteiger charge is -2.13. The van der Waals surface area contributed by atoms with Gasteiger partial charge in [-0.25, -0.2) is 4.79 Å². The lowest BCUT2D eigenvalue weighted by atomic mass is 10.0. The molecule has 0 amide bonds. The van der Waals surface area contributed by atoms with Gasteiger partial charge in [0.1, 0.15) is 0 Å². The number of hydrogen-bond acceptors (Lipinski definition) is 4. The summed E-state index contributed by atoms with van der Waals surface area (Å²) >= 11 is 5.95. The Bertz CT molecular complexity index is 978. The van der Waals surface area contributed by atoms with E-state index < -0.39 is 12.1 Å². The van der Waals surface area contributed by atoms with Gasteiger partial charge in [0.15, 0.2) is 0 Å². The summed E-state index contributed by atoms with van der Waals surface area (Å²) in [5.41, 5.74) is 3.80. The summed E-state index contributed by atoms with van der Waals surface area (Å²) in [6, 6.07) is 21.9. The lowest BCUT2D eigenvalue weighted by molar-refractivity contribution is 0.0697. The molecule has 5 nitrogen and oxygen atoms in total. The maximum atomic E-state index is 11.2. The predicted molar refractivity (Wildman–Crippen MR) is 117 cm³/mol. The fourth-order valence-corrected chi connectivity index (χ4v) is 3.20. The first kappa shape index (κ1) is 20.9. The van der Waals surface area contributed by atoms with Crippen molar-refractivity contribution in [3.63, 3.8) is 0 Å². The van der Waals surface area contributed by atoms with Gasteiger partial charge < -0.3 is 20.8 Å². The molecule has 0 saturated heterocycles. The third kappa shape index (κ3) is 6.06. The number of anilines is 1. The van der Waals surface area contributed by atoms with Crippen LogP contribution in [0.1, 0.15) is 22.0 Å². The van der Waals surface area contributed by atoms with Crippen molar-refractivity contribution in [1.82, 2.24) is 5.32 Å². The van der Waals surface area contributed by atoms with Crippen molar-refractivity contribution in [1.29, 1.82) is 0 Å². The Kier molecular flexibility index (Phi) is 7.25. The Morgan fingerprint density at radius 1 is 0.931 bits per heavy atom. The molecule has 0 aliphatic carbocycles. The number of aliphatic hydroxyl groups is 1. The van der Waals surface area contributed by atoms with Crippen molar-refractivity contribution in [3.05, 3.63) is 88.9 Å². The van der Waals surface area contributed by atoms with E-state index in [0.29, 0.717) is 24.7 Å². The van der Waals surface area contributed by atoms with Crippen LogP contribution in [0.3, 0.4) is 0 Å². The molecule has 0 spiro atoms. The molecule has 0 fully saturated rings. The Balaban J connectivity index is 1.50. The standard InChI is InChI=1S/C23H23ClN2O3/c24-20-8-2-6-18(13-20)22(27)15-25-10-11-26-21-9-3-5-17(14-21)16-4-1-7-19(12-16)23(28)29/h1-9,12-14,22,25-27H,10-11,15H2,(H,28,29)/t22-/m0/s1/i2+1,6+1,8+1,13+1,18+1,20+1. The molecular formula is C23H23ClN2O3. The maximum absolute atomic E-state index is 11.2. The summed E-state index contributed by atoms with van der Waals surface area (Å²) in [5.74, 6) is -0.938. The van der Waals surface area contributed by atoms with E-state index in [9.17, 15) is 9.90 Å². The fraction of sp³-hybridized carbons (Fsp3) is 0.174. The molecule has 1 atom stereocenters. The minimum absolute atomic E-state index is 0.267. The van der Waals surface area contributed by atoms with Gasteiger partial charge in [0, 0.05) is 30.3 Å². The molecule has 0 aliphatic heterocycles. The Hall–Kier alpha value is -2.86. The van der Waals surface area contributed by atoms with Crippen LogP contribution in [0.4, 0.5) is 5.69 Å². The first-order chi connectivity index (χ1) is 14.0. The number of rotatable bonds is 9. The monoisotopic (exact) mass is 416 g/mol. The fourth-order valence-electron chi connectivity index (χ4n) is 3.01. The summed E-state index contributed by atoms with van der Waals surface area (Å²) in [6.45, 7) is 1.79. The molecule has 0 bridgehead atoms. The van der Waals surface area contributed by atoms with Gasteiger partial charge in [0.05, 0.1) is 11.7 Å². The summed E-state index contributed by atoms with van der Waals surface area (Å²) in [5, 5.41) is 26.5. The van der Waals surface area contributed by atoms with Crippen molar-refractivity contribution < 1.29 is 15.0 Å². The Labute approximate surface area is 175 Å². The molecule has 3 rings (SSSR count). The van der Waals surface area contributed by atoms with E-state index >= 15 is 0 Å². The molecule has 6 heteroatoms. The van der Waals surface area contributed by atoms with E-state index in [2.05, 4.69) is 10.6 Å². The highest BCUT2D eigenvalue weighted by Gasteiger charge is 2.07. The van der Waals surface area contributed by atoms with Gasteiger partial charge in [0.2, 0.25) is 0 Å². The number of nitrogens with one attached hydrogen (secondary N) is 2. The van der Waals surface area contributed by atoms with Crippen molar-refractivity contribution in [2.45, 2.75) is 6.10 Å². The van der Waals surface area contributed by atoms with Crippen LogP contribution in [0.2, 0.25) is 5.02 Å². The van der Waals surface area contributed by atoms with Gasteiger partial charge in [-0.15, -0.1) is 0 Å². The van der Waals surface area contributed by atoms with E-state index in [4.69, 9.17) is 16.7 Å². The van der Waals surface area contributed by atoms with E-state index in [1.165, 1.54) is 0 Å². The number of carboxylic acid groups (broad SMARTS) is 1. The second-order valence-corrected chi connectivity index (χ2v) is 7.10. The zero-order valence-corrected chi connectivity index (χ0v) is 16.6. The van der Waals surface area contributed by atoms with Crippen molar-refractivity contribution >= 4 is 23.3 Å². The number of hydrogen-bond donors (Lipinski definition) is 4. The molecule has 0 aliphatic rings. The second-order valence-electron chi connectivity index (χ2n) is 6.67. The summed E-state index contributed by atoms with van der Waals surface area (Å²) in [6.07, 6.45) is -0.612. The lowest BCUT2D eigenvalue weighted by Crippen LogP contribution is -2.26. The normalized spacial score (nSPS) is 11.8. The number of benzene rings is 3. The van der Waals surface area contributed by atoms with Crippen molar-refractivity contribution in [2.75, 3.05) is 25.0 Å². The molecular weight excluding hydrogens is 394 g/mol. The van der Waals surface area contributed by atoms with E-state index in [1.54, 1.807) is 30.3 Å². The van der Waals surface area contributed by atoms with Crippen molar-refractivity contribution in [3.8, 4) is 11.1 Å². The van der Waals surface area contributed by atoms with Crippen LogP contribution in [-0.2, 0) is 0 Å². The molecule has 150 valence electrons. The van der Waals surface area contributed by atoms with Crippen LogP contribution >= 0.6 is 11.6 Å². The number of aliphatic hydroxyl groups excluding tert-OH is 1. The number of carboxylic acids is 1. The van der Waals surface area contributed by atoms with Crippen LogP contribution in [0, 0.1) is 0 Å². The highest BCUT2D eigenvalue weighted by molar-refractivity contribution is 6.30. The SMILES string of the molecule is O=C(O)c1cccc(-c2cccc(NCCNC[C@H](O)[13c]3[13cH][13cH][13cH][13c](Cl)[13cH]3)c2)c1. The van der Waals surface area contributed by atoms with Crippen LogP contribution < -0.4 is 10.6 Å². The summed E-state index contributed by atoms with van der Waals surface area (Å²) in [4.78, 5) is 11.2. The largest absolute Gasteiger partial charge is 0.478 e. The van der Waals surface area contributed by atoms with Gasteiger partial charge in [-0.05, 0) is 53.1 Å². The third-order valence-corrected chi connectivity index (χ3v) is 4.74. The highest BCUT2D eigenvalue weighted by atomic mass is 35.5. The average molecular weight is 417 g/mol. The molecule has 0 heterocycles. The zero-order valence-electron chi connectivity index (χ0n) is 15.8. The molecule has 0 unspecified atom stereocenters. The van der Waals surface area contributed by atoms with Gasteiger partial charge in [0.25, 0.3) is 0 Å². The molecule has 0 aromatic heterocycles. The Morgan fingerprint density at radius 3 is 2.41 bits per heavy atom. The van der Waals surface area contributed by atoms with Gasteiger partial charge in [-0.3, -0.25) is 0 Å².